The van der Waals surface area contributed by atoms with E-state index in [-0.39, 0.29) is 0 Å². The van der Waals surface area contributed by atoms with Gasteiger partial charge in [-0.25, -0.2) is 0 Å². The lowest BCUT2D eigenvalue weighted by molar-refractivity contribution is 0.110. The van der Waals surface area contributed by atoms with Gasteiger partial charge in [0.2, 0.25) is 0 Å². The highest BCUT2D eigenvalue weighted by Gasteiger charge is 2.16. The Hall–Kier alpha value is -1.06. The van der Waals surface area contributed by atoms with Gasteiger partial charge in [-0.1, -0.05) is 12.1 Å². The predicted molar refractivity (Wildman–Crippen MR) is 78.8 cm³/mol. The van der Waals surface area contributed by atoms with Crippen LogP contribution < -0.4 is 10.6 Å². The second kappa shape index (κ2) is 5.93. The summed E-state index contributed by atoms with van der Waals surface area (Å²) in [5, 5.41) is 7.01. The number of benzene rings is 1. The molecule has 0 radical (unpaired) electrons. The minimum absolute atomic E-state index is 0.449. The van der Waals surface area contributed by atoms with Gasteiger partial charge >= 0.3 is 0 Å². The molecule has 2 atom stereocenters. The lowest BCUT2D eigenvalue weighted by atomic mass is 10.0. The van der Waals surface area contributed by atoms with Gasteiger partial charge in [0.1, 0.15) is 0 Å². The van der Waals surface area contributed by atoms with Crippen LogP contribution in [0.5, 0.6) is 0 Å². The smallest absolute Gasteiger partial charge is 0.0700 e. The van der Waals surface area contributed by atoms with E-state index in [1.165, 1.54) is 29.7 Å². The van der Waals surface area contributed by atoms with E-state index in [4.69, 9.17) is 4.74 Å². The van der Waals surface area contributed by atoms with Crippen LogP contribution in [-0.4, -0.2) is 31.8 Å². The molecule has 2 N–H and O–H groups in total. The normalized spacial score (nSPS) is 25.3. The van der Waals surface area contributed by atoms with Crippen LogP contribution in [0.1, 0.15) is 30.9 Å². The quantitative estimate of drug-likeness (QED) is 0.797. The first-order valence-corrected chi connectivity index (χ1v) is 7.52. The van der Waals surface area contributed by atoms with Crippen LogP contribution >= 0.6 is 0 Å². The van der Waals surface area contributed by atoms with Crippen molar-refractivity contribution in [3.05, 3.63) is 29.3 Å². The first-order chi connectivity index (χ1) is 9.31. The molecule has 1 aromatic carbocycles. The summed E-state index contributed by atoms with van der Waals surface area (Å²) in [6, 6.07) is 7.42. The van der Waals surface area contributed by atoms with Crippen LogP contribution in [0.4, 0.5) is 5.69 Å². The minimum Gasteiger partial charge on any atom is -0.382 e. The van der Waals surface area contributed by atoms with Crippen molar-refractivity contribution < 1.29 is 4.74 Å². The molecule has 2 unspecified atom stereocenters. The summed E-state index contributed by atoms with van der Waals surface area (Å²) in [4.78, 5) is 0. The van der Waals surface area contributed by atoms with Crippen LogP contribution in [0.3, 0.4) is 0 Å². The average Bonchev–Trinajstić information content (AvgIpc) is 3.02. The number of rotatable bonds is 5. The number of hydrogen-bond donors (Lipinski definition) is 2. The number of nitrogens with one attached hydrogen (secondary N) is 2. The zero-order valence-corrected chi connectivity index (χ0v) is 11.7. The molecule has 0 bridgehead atoms. The number of ether oxygens (including phenoxy) is 1. The first kappa shape index (κ1) is 12.9. The Labute approximate surface area is 115 Å². The summed E-state index contributed by atoms with van der Waals surface area (Å²) in [6.07, 6.45) is 5.16. The summed E-state index contributed by atoms with van der Waals surface area (Å²) in [7, 11) is 0. The van der Waals surface area contributed by atoms with E-state index in [1.807, 2.05) is 0 Å². The molecular weight excluding hydrogens is 236 g/mol. The maximum Gasteiger partial charge on any atom is 0.0700 e. The maximum atomic E-state index is 5.61. The van der Waals surface area contributed by atoms with Gasteiger partial charge in [-0.2, -0.15) is 0 Å². The van der Waals surface area contributed by atoms with Gasteiger partial charge in [-0.05, 0) is 56.3 Å². The Kier molecular flexibility index (Phi) is 4.04. The maximum absolute atomic E-state index is 5.61. The third kappa shape index (κ3) is 3.28. The Morgan fingerprint density at radius 2 is 2.37 bits per heavy atom. The Morgan fingerprint density at radius 3 is 3.21 bits per heavy atom. The van der Waals surface area contributed by atoms with Crippen LogP contribution in [0.2, 0.25) is 0 Å². The molecular formula is C16H24N2O. The summed E-state index contributed by atoms with van der Waals surface area (Å²) in [6.45, 7) is 5.23. The lowest BCUT2D eigenvalue weighted by Crippen LogP contribution is -2.27. The predicted octanol–water partition coefficient (Wildman–Crippen LogP) is 2.35. The topological polar surface area (TPSA) is 33.3 Å². The molecule has 2 aliphatic rings. The third-order valence-electron chi connectivity index (χ3n) is 4.08. The van der Waals surface area contributed by atoms with E-state index >= 15 is 0 Å². The molecule has 1 fully saturated rings. The van der Waals surface area contributed by atoms with Gasteiger partial charge < -0.3 is 15.4 Å². The Balaban J connectivity index is 1.44. The molecule has 19 heavy (non-hydrogen) atoms. The highest BCUT2D eigenvalue weighted by molar-refractivity contribution is 5.57. The molecule has 0 saturated carbocycles. The molecule has 3 rings (SSSR count). The van der Waals surface area contributed by atoms with Crippen molar-refractivity contribution in [1.82, 2.24) is 5.32 Å². The molecule has 3 nitrogen and oxygen atoms in total. The summed E-state index contributed by atoms with van der Waals surface area (Å²) in [5.41, 5.74) is 4.24. The molecule has 0 spiro atoms. The standard InChI is InChI=1S/C16H24N2O/c1-12-9-14-10-13(4-5-16(14)18-12)6-7-17-11-15-3-2-8-19-15/h4-5,10,12,15,17-18H,2-3,6-9,11H2,1H3. The fourth-order valence-corrected chi connectivity index (χ4v) is 3.06. The molecule has 0 aliphatic carbocycles. The Bertz CT molecular complexity index is 427. The largest absolute Gasteiger partial charge is 0.382 e. The average molecular weight is 260 g/mol. The fourth-order valence-electron chi connectivity index (χ4n) is 3.06. The van der Waals surface area contributed by atoms with Gasteiger partial charge in [-0.15, -0.1) is 0 Å². The summed E-state index contributed by atoms with van der Waals surface area (Å²) in [5.74, 6) is 0. The zero-order valence-electron chi connectivity index (χ0n) is 11.7. The van der Waals surface area contributed by atoms with Gasteiger partial charge in [0.15, 0.2) is 0 Å². The van der Waals surface area contributed by atoms with E-state index in [0.717, 1.165) is 32.5 Å². The highest BCUT2D eigenvalue weighted by atomic mass is 16.5. The van der Waals surface area contributed by atoms with Crippen molar-refractivity contribution in [2.75, 3.05) is 25.0 Å². The van der Waals surface area contributed by atoms with Crippen LogP contribution in [0.15, 0.2) is 18.2 Å². The van der Waals surface area contributed by atoms with Crippen molar-refractivity contribution in [3.63, 3.8) is 0 Å². The van der Waals surface area contributed by atoms with Crippen molar-refractivity contribution in [3.8, 4) is 0 Å². The van der Waals surface area contributed by atoms with E-state index in [0.29, 0.717) is 12.1 Å². The minimum atomic E-state index is 0.449. The number of anilines is 1. The Morgan fingerprint density at radius 1 is 1.42 bits per heavy atom. The van der Waals surface area contributed by atoms with Gasteiger partial charge in [0.05, 0.1) is 6.10 Å². The molecule has 3 heteroatoms. The summed E-state index contributed by atoms with van der Waals surface area (Å²) < 4.78 is 5.61. The first-order valence-electron chi connectivity index (χ1n) is 7.52. The molecule has 2 heterocycles. The van der Waals surface area contributed by atoms with Crippen LogP contribution in [-0.2, 0) is 17.6 Å². The number of fused-ring (bicyclic) bond motifs is 1. The molecule has 0 aromatic heterocycles. The van der Waals surface area contributed by atoms with Crippen molar-refractivity contribution in [2.24, 2.45) is 0 Å². The molecule has 104 valence electrons. The van der Waals surface area contributed by atoms with Crippen molar-refractivity contribution in [1.29, 1.82) is 0 Å². The second-order valence-electron chi connectivity index (χ2n) is 5.83. The zero-order chi connectivity index (χ0) is 13.1. The van der Waals surface area contributed by atoms with Crippen LogP contribution in [0, 0.1) is 0 Å². The molecule has 0 amide bonds. The molecule has 1 saturated heterocycles. The highest BCUT2D eigenvalue weighted by Crippen LogP contribution is 2.26. The van der Waals surface area contributed by atoms with E-state index in [2.05, 4.69) is 35.8 Å². The van der Waals surface area contributed by atoms with Crippen molar-refractivity contribution in [2.45, 2.75) is 44.8 Å². The molecule has 1 aromatic rings. The van der Waals surface area contributed by atoms with Gasteiger partial charge in [0.25, 0.3) is 0 Å². The molecule has 2 aliphatic heterocycles. The third-order valence-corrected chi connectivity index (χ3v) is 4.08. The van der Waals surface area contributed by atoms with Crippen molar-refractivity contribution >= 4 is 5.69 Å². The van der Waals surface area contributed by atoms with E-state index in [1.54, 1.807) is 0 Å². The van der Waals surface area contributed by atoms with E-state index in [9.17, 15) is 0 Å². The second-order valence-corrected chi connectivity index (χ2v) is 5.83. The fraction of sp³-hybridized carbons (Fsp3) is 0.625. The van der Waals surface area contributed by atoms with Gasteiger partial charge in [0, 0.05) is 24.9 Å². The monoisotopic (exact) mass is 260 g/mol. The summed E-state index contributed by atoms with van der Waals surface area (Å²) >= 11 is 0. The van der Waals surface area contributed by atoms with E-state index < -0.39 is 0 Å². The van der Waals surface area contributed by atoms with Gasteiger partial charge in [-0.3, -0.25) is 0 Å². The SMILES string of the molecule is CC1Cc2cc(CCNCC3CCCO3)ccc2N1. The lowest BCUT2D eigenvalue weighted by Gasteiger charge is -2.11. The number of hydrogen-bond acceptors (Lipinski definition) is 3. The van der Waals surface area contributed by atoms with Crippen LogP contribution in [0.25, 0.3) is 0 Å².